The van der Waals surface area contributed by atoms with E-state index in [0.717, 1.165) is 55.7 Å². The van der Waals surface area contributed by atoms with E-state index < -0.39 is 12.1 Å². The molecule has 1 aliphatic carbocycles. The molecule has 3 aromatic rings. The lowest BCUT2D eigenvalue weighted by Gasteiger charge is -2.36. The number of hydrogen-bond donors (Lipinski definition) is 3. The van der Waals surface area contributed by atoms with Gasteiger partial charge >= 0.3 is 6.03 Å². The monoisotopic (exact) mass is 686 g/mol. The number of rotatable bonds is 7. The van der Waals surface area contributed by atoms with Crippen LogP contribution in [0.4, 0.5) is 16.2 Å². The number of nitrogens with one attached hydrogen (secondary N) is 2. The average molecular weight is 687 g/mol. The molecule has 10 heteroatoms. The van der Waals surface area contributed by atoms with Crippen molar-refractivity contribution in [2.24, 2.45) is 11.8 Å². The largest absolute Gasteiger partial charge is 0.490 e. The normalized spacial score (nSPS) is 21.7. The van der Waals surface area contributed by atoms with Crippen molar-refractivity contribution in [1.82, 2.24) is 9.80 Å². The second kappa shape index (κ2) is 17.7. The quantitative estimate of drug-likeness (QED) is 0.240. The van der Waals surface area contributed by atoms with E-state index in [1.54, 1.807) is 23.1 Å². The van der Waals surface area contributed by atoms with Crippen LogP contribution in [-0.4, -0.2) is 84.4 Å². The van der Waals surface area contributed by atoms with Crippen LogP contribution in [-0.2, 0) is 9.53 Å². The average Bonchev–Trinajstić information content (AvgIpc) is 3.12. The third kappa shape index (κ3) is 9.54. The van der Waals surface area contributed by atoms with Gasteiger partial charge in [-0.3, -0.25) is 9.59 Å². The Morgan fingerprint density at radius 3 is 2.48 bits per heavy atom. The molecule has 1 aliphatic heterocycles. The predicted molar refractivity (Wildman–Crippen MR) is 198 cm³/mol. The lowest BCUT2D eigenvalue weighted by Crippen LogP contribution is -2.48. The van der Waals surface area contributed by atoms with Crippen LogP contribution in [0.2, 0.25) is 0 Å². The zero-order chi connectivity index (χ0) is 35.6. The standard InChI is InChI=1S/C40H54N4O6/c1-27-24-44(28(2)26-45)39(47)34-23-32(41-40(48)42-35-19-12-17-30-14-8-9-18-33(30)35)20-21-36(34)50-29(3)13-10-11-22-49-37(27)25-43(4)38(46)31-15-6-5-7-16-31/h8-9,12,14,17-21,23,27-29,31,37,45H,5-7,10-11,13,15-16,22,24-26H2,1-4H3,(H2,41,42,48)/t27-,28+,29+,37-/m0/s1. The van der Waals surface area contributed by atoms with Gasteiger partial charge in [0.15, 0.2) is 0 Å². The lowest BCUT2D eigenvalue weighted by molar-refractivity contribution is -0.137. The van der Waals surface area contributed by atoms with Gasteiger partial charge < -0.3 is 35.0 Å². The Hall–Kier alpha value is -4.15. The molecule has 1 heterocycles. The van der Waals surface area contributed by atoms with Gasteiger partial charge in [-0.25, -0.2) is 4.79 Å². The van der Waals surface area contributed by atoms with E-state index >= 15 is 0 Å². The summed E-state index contributed by atoms with van der Waals surface area (Å²) in [6.07, 6.45) is 7.25. The van der Waals surface area contributed by atoms with E-state index in [4.69, 9.17) is 9.47 Å². The number of ether oxygens (including phenoxy) is 2. The maximum Gasteiger partial charge on any atom is 0.323 e. The number of amides is 4. The van der Waals surface area contributed by atoms with Gasteiger partial charge in [-0.1, -0.05) is 62.6 Å². The molecule has 1 saturated carbocycles. The molecule has 0 aromatic heterocycles. The summed E-state index contributed by atoms with van der Waals surface area (Å²) < 4.78 is 12.8. The van der Waals surface area contributed by atoms with E-state index in [0.29, 0.717) is 42.4 Å². The maximum absolute atomic E-state index is 14.5. The number of fused-ring (bicyclic) bond motifs is 2. The Kier molecular flexibility index (Phi) is 13.1. The van der Waals surface area contributed by atoms with Gasteiger partial charge in [-0.2, -0.15) is 0 Å². The fourth-order valence-corrected chi connectivity index (χ4v) is 7.10. The van der Waals surface area contributed by atoms with Crippen molar-refractivity contribution in [2.75, 3.05) is 44.0 Å². The summed E-state index contributed by atoms with van der Waals surface area (Å²) in [5, 5.41) is 18.1. The van der Waals surface area contributed by atoms with Crippen LogP contribution < -0.4 is 15.4 Å². The highest BCUT2D eigenvalue weighted by Gasteiger charge is 2.32. The number of urea groups is 1. The number of anilines is 2. The first-order valence-electron chi connectivity index (χ1n) is 18.3. The summed E-state index contributed by atoms with van der Waals surface area (Å²) in [6, 6.07) is 17.7. The first-order valence-corrected chi connectivity index (χ1v) is 18.3. The molecule has 0 bridgehead atoms. The molecular formula is C40H54N4O6. The lowest BCUT2D eigenvalue weighted by atomic mass is 9.88. The molecule has 270 valence electrons. The number of aliphatic hydroxyl groups is 1. The van der Waals surface area contributed by atoms with Crippen molar-refractivity contribution in [2.45, 2.75) is 90.4 Å². The molecular weight excluding hydrogens is 632 g/mol. The van der Waals surface area contributed by atoms with Crippen molar-refractivity contribution in [1.29, 1.82) is 0 Å². The maximum atomic E-state index is 14.5. The second-order valence-electron chi connectivity index (χ2n) is 14.2. The number of carbonyl (C=O) groups is 3. The fraction of sp³-hybridized carbons (Fsp3) is 0.525. The third-order valence-corrected chi connectivity index (χ3v) is 10.1. The number of benzene rings is 3. The molecule has 5 rings (SSSR count). The Labute approximate surface area is 296 Å². The molecule has 4 atom stereocenters. The minimum absolute atomic E-state index is 0.0602. The van der Waals surface area contributed by atoms with Crippen molar-refractivity contribution >= 4 is 40.0 Å². The Bertz CT molecular complexity index is 1600. The first kappa shape index (κ1) is 37.1. The first-order chi connectivity index (χ1) is 24.1. The molecule has 0 unspecified atom stereocenters. The van der Waals surface area contributed by atoms with Crippen LogP contribution in [0.15, 0.2) is 60.7 Å². The van der Waals surface area contributed by atoms with Crippen LogP contribution in [0.5, 0.6) is 5.75 Å². The smallest absolute Gasteiger partial charge is 0.323 e. The molecule has 2 aliphatic rings. The van der Waals surface area contributed by atoms with Crippen molar-refractivity contribution < 1.29 is 29.0 Å². The van der Waals surface area contributed by atoms with Gasteiger partial charge in [0.25, 0.3) is 5.91 Å². The molecule has 0 saturated heterocycles. The van der Waals surface area contributed by atoms with E-state index in [9.17, 15) is 19.5 Å². The molecule has 3 N–H and O–H groups in total. The second-order valence-corrected chi connectivity index (χ2v) is 14.2. The topological polar surface area (TPSA) is 120 Å². The zero-order valence-corrected chi connectivity index (χ0v) is 30.0. The summed E-state index contributed by atoms with van der Waals surface area (Å²) in [6.45, 7) is 6.87. The molecule has 50 heavy (non-hydrogen) atoms. The van der Waals surface area contributed by atoms with Crippen LogP contribution >= 0.6 is 0 Å². The Morgan fingerprint density at radius 1 is 0.960 bits per heavy atom. The van der Waals surface area contributed by atoms with Gasteiger partial charge in [-0.05, 0) is 75.6 Å². The molecule has 1 fully saturated rings. The number of hydrogen-bond acceptors (Lipinski definition) is 6. The highest BCUT2D eigenvalue weighted by atomic mass is 16.5. The van der Waals surface area contributed by atoms with Crippen molar-refractivity contribution in [3.8, 4) is 5.75 Å². The summed E-state index contributed by atoms with van der Waals surface area (Å²) in [7, 11) is 1.86. The van der Waals surface area contributed by atoms with E-state index in [2.05, 4.69) is 10.6 Å². The number of aliphatic hydroxyl groups excluding tert-OH is 1. The van der Waals surface area contributed by atoms with Gasteiger partial charge in [0, 0.05) is 49.7 Å². The Balaban J connectivity index is 1.38. The molecule has 0 radical (unpaired) electrons. The van der Waals surface area contributed by atoms with E-state index in [1.165, 1.54) is 6.42 Å². The fourth-order valence-electron chi connectivity index (χ4n) is 7.10. The van der Waals surface area contributed by atoms with Crippen LogP contribution in [0.3, 0.4) is 0 Å². The highest BCUT2D eigenvalue weighted by molar-refractivity contribution is 6.07. The van der Waals surface area contributed by atoms with Crippen LogP contribution in [0, 0.1) is 11.8 Å². The SMILES string of the molecule is C[C@@H]1CCCCO[C@@H](CN(C)C(=O)C2CCCCC2)[C@@H](C)CN([C@H](C)CO)C(=O)c2cc(NC(=O)Nc3cccc4ccccc34)ccc2O1. The summed E-state index contributed by atoms with van der Waals surface area (Å²) in [5.41, 5.74) is 1.40. The van der Waals surface area contributed by atoms with Crippen LogP contribution in [0.25, 0.3) is 10.8 Å². The zero-order valence-electron chi connectivity index (χ0n) is 30.0. The minimum atomic E-state index is -0.503. The van der Waals surface area contributed by atoms with Crippen molar-refractivity contribution in [3.05, 3.63) is 66.2 Å². The van der Waals surface area contributed by atoms with Crippen molar-refractivity contribution in [3.63, 3.8) is 0 Å². The summed E-state index contributed by atoms with van der Waals surface area (Å²) in [4.78, 5) is 44.5. The number of carbonyl (C=O) groups excluding carboxylic acids is 3. The van der Waals surface area contributed by atoms with Gasteiger partial charge in [0.05, 0.1) is 36.1 Å². The third-order valence-electron chi connectivity index (χ3n) is 10.1. The minimum Gasteiger partial charge on any atom is -0.490 e. The van der Waals surface area contributed by atoms with E-state index in [-0.39, 0.29) is 42.5 Å². The highest BCUT2D eigenvalue weighted by Crippen LogP contribution is 2.30. The van der Waals surface area contributed by atoms with Crippen LogP contribution in [0.1, 0.15) is 82.5 Å². The summed E-state index contributed by atoms with van der Waals surface area (Å²) in [5.74, 6) is 0.189. The molecule has 0 spiro atoms. The molecule has 4 amide bonds. The number of nitrogens with zero attached hydrogens (tertiary/aromatic N) is 2. The predicted octanol–water partition coefficient (Wildman–Crippen LogP) is 7.32. The Morgan fingerprint density at radius 2 is 1.70 bits per heavy atom. The van der Waals surface area contributed by atoms with Gasteiger partial charge in [-0.15, -0.1) is 0 Å². The van der Waals surface area contributed by atoms with E-state index in [1.807, 2.05) is 75.2 Å². The molecule has 10 nitrogen and oxygen atoms in total. The van der Waals surface area contributed by atoms with Gasteiger partial charge in [0.1, 0.15) is 5.75 Å². The summed E-state index contributed by atoms with van der Waals surface area (Å²) >= 11 is 0. The van der Waals surface area contributed by atoms with Gasteiger partial charge in [0.2, 0.25) is 5.91 Å². The number of likely N-dealkylation sites (N-methyl/N-ethyl adjacent to an activating group) is 1. The molecule has 3 aromatic carbocycles.